The molecule has 1 heterocycles. The highest BCUT2D eigenvalue weighted by Crippen LogP contribution is 2.18. The Hall–Kier alpha value is -0.910. The Morgan fingerprint density at radius 3 is 2.63 bits per heavy atom. The van der Waals surface area contributed by atoms with Crippen LogP contribution in [0.25, 0.3) is 0 Å². The van der Waals surface area contributed by atoms with E-state index in [4.69, 9.17) is 0 Å². The molecule has 19 heavy (non-hydrogen) atoms. The lowest BCUT2D eigenvalue weighted by Gasteiger charge is -2.30. The van der Waals surface area contributed by atoms with Crippen LogP contribution in [0, 0.1) is 19.8 Å². The van der Waals surface area contributed by atoms with Crippen molar-refractivity contribution in [3.05, 3.63) is 29.3 Å². The lowest BCUT2D eigenvalue weighted by Crippen LogP contribution is -2.48. The molecule has 1 aliphatic rings. The zero-order chi connectivity index (χ0) is 14.0. The maximum atomic E-state index is 12.4. The third kappa shape index (κ3) is 3.35. The van der Waals surface area contributed by atoms with Gasteiger partial charge in [-0.15, -0.1) is 0 Å². The Morgan fingerprint density at radius 2 is 2.00 bits per heavy atom. The average Bonchev–Trinajstić information content (AvgIpc) is 2.35. The van der Waals surface area contributed by atoms with Crippen LogP contribution in [0.1, 0.15) is 24.5 Å². The summed E-state index contributed by atoms with van der Waals surface area (Å²) in [6, 6.07) is 5.29. The molecule has 0 saturated carbocycles. The van der Waals surface area contributed by atoms with Crippen molar-refractivity contribution in [2.24, 2.45) is 5.92 Å². The predicted molar refractivity (Wildman–Crippen MR) is 76.7 cm³/mol. The highest BCUT2D eigenvalue weighted by atomic mass is 32.2. The summed E-state index contributed by atoms with van der Waals surface area (Å²) in [7, 11) is -3.41. The van der Waals surface area contributed by atoms with Crippen molar-refractivity contribution in [1.82, 2.24) is 10.0 Å². The number of aryl methyl sites for hydroxylation is 2. The number of sulfonamides is 1. The van der Waals surface area contributed by atoms with E-state index in [1.165, 1.54) is 0 Å². The van der Waals surface area contributed by atoms with E-state index in [1.807, 2.05) is 19.9 Å². The second kappa shape index (κ2) is 5.61. The van der Waals surface area contributed by atoms with Crippen LogP contribution in [-0.4, -0.2) is 27.5 Å². The Labute approximate surface area is 115 Å². The minimum atomic E-state index is -3.41. The summed E-state index contributed by atoms with van der Waals surface area (Å²) >= 11 is 0. The van der Waals surface area contributed by atoms with Crippen molar-refractivity contribution in [2.45, 2.75) is 38.1 Å². The number of benzene rings is 1. The minimum absolute atomic E-state index is 0.0212. The molecule has 1 aliphatic heterocycles. The maximum Gasteiger partial charge on any atom is 0.240 e. The lowest BCUT2D eigenvalue weighted by atomic mass is 9.97. The quantitative estimate of drug-likeness (QED) is 0.885. The van der Waals surface area contributed by atoms with Gasteiger partial charge in [-0.1, -0.05) is 13.0 Å². The second-order valence-electron chi connectivity index (χ2n) is 5.44. The largest absolute Gasteiger partial charge is 0.316 e. The fourth-order valence-corrected chi connectivity index (χ4v) is 3.80. The summed E-state index contributed by atoms with van der Waals surface area (Å²) in [4.78, 5) is 0.362. The molecule has 1 fully saturated rings. The summed E-state index contributed by atoms with van der Waals surface area (Å²) in [5.74, 6) is 0.315. The number of piperidine rings is 1. The fraction of sp³-hybridized carbons (Fsp3) is 0.571. The molecule has 2 atom stereocenters. The minimum Gasteiger partial charge on any atom is -0.316 e. The lowest BCUT2D eigenvalue weighted by molar-refractivity contribution is 0.328. The zero-order valence-corrected chi connectivity index (χ0v) is 12.5. The molecule has 0 spiro atoms. The monoisotopic (exact) mass is 282 g/mol. The summed E-state index contributed by atoms with van der Waals surface area (Å²) in [5.41, 5.74) is 2.11. The number of rotatable bonds is 3. The van der Waals surface area contributed by atoms with Gasteiger partial charge in [-0.2, -0.15) is 0 Å². The Kier molecular flexibility index (Phi) is 4.28. The Bertz CT molecular complexity index is 555. The van der Waals surface area contributed by atoms with E-state index in [1.54, 1.807) is 12.1 Å². The van der Waals surface area contributed by atoms with Crippen molar-refractivity contribution in [1.29, 1.82) is 0 Å². The number of hydrogen-bond donors (Lipinski definition) is 2. The van der Waals surface area contributed by atoms with E-state index in [9.17, 15) is 8.42 Å². The van der Waals surface area contributed by atoms with Gasteiger partial charge in [0.1, 0.15) is 0 Å². The summed E-state index contributed by atoms with van der Waals surface area (Å²) in [6.07, 6.45) is 0.839. The number of nitrogens with one attached hydrogen (secondary N) is 2. The van der Waals surface area contributed by atoms with Gasteiger partial charge < -0.3 is 5.32 Å². The molecule has 1 aromatic rings. The average molecular weight is 282 g/mol. The molecule has 4 nitrogen and oxygen atoms in total. The fourth-order valence-electron chi connectivity index (χ4n) is 2.34. The summed E-state index contributed by atoms with van der Waals surface area (Å²) < 4.78 is 27.6. The van der Waals surface area contributed by atoms with E-state index in [0.717, 1.165) is 30.6 Å². The molecule has 1 aromatic carbocycles. The first-order valence-corrected chi connectivity index (χ1v) is 8.19. The number of hydrogen-bond acceptors (Lipinski definition) is 3. The first-order valence-electron chi connectivity index (χ1n) is 6.70. The van der Waals surface area contributed by atoms with Gasteiger partial charge in [-0.05, 0) is 62.5 Å². The topological polar surface area (TPSA) is 58.2 Å². The van der Waals surface area contributed by atoms with Gasteiger partial charge in [0.05, 0.1) is 4.90 Å². The third-order valence-electron chi connectivity index (χ3n) is 3.88. The molecule has 106 valence electrons. The van der Waals surface area contributed by atoms with Crippen LogP contribution >= 0.6 is 0 Å². The van der Waals surface area contributed by atoms with Gasteiger partial charge >= 0.3 is 0 Å². The van der Waals surface area contributed by atoms with E-state index >= 15 is 0 Å². The smallest absolute Gasteiger partial charge is 0.240 e. The molecule has 0 amide bonds. The first kappa shape index (κ1) is 14.5. The van der Waals surface area contributed by atoms with Gasteiger partial charge in [0, 0.05) is 6.04 Å². The van der Waals surface area contributed by atoms with Crippen molar-refractivity contribution < 1.29 is 8.42 Å². The van der Waals surface area contributed by atoms with Crippen LogP contribution in [0.5, 0.6) is 0 Å². The van der Waals surface area contributed by atoms with Gasteiger partial charge in [0.15, 0.2) is 0 Å². The molecule has 0 aliphatic carbocycles. The Morgan fingerprint density at radius 1 is 1.26 bits per heavy atom. The maximum absolute atomic E-state index is 12.4. The van der Waals surface area contributed by atoms with Crippen molar-refractivity contribution >= 4 is 10.0 Å². The van der Waals surface area contributed by atoms with E-state index < -0.39 is 10.0 Å². The standard InChI is InChI=1S/C14H22N2O2S/c1-10-4-5-13(8-11(10)2)19(17,18)16-14-6-7-15-9-12(14)3/h4-5,8,12,14-16H,6-7,9H2,1-3H3/t12-,14+/m1/s1. The third-order valence-corrected chi connectivity index (χ3v) is 5.37. The zero-order valence-electron chi connectivity index (χ0n) is 11.7. The summed E-state index contributed by atoms with van der Waals surface area (Å²) in [5, 5.41) is 3.27. The molecule has 0 aromatic heterocycles. The Balaban J connectivity index is 2.19. The van der Waals surface area contributed by atoms with E-state index in [0.29, 0.717) is 10.8 Å². The van der Waals surface area contributed by atoms with Gasteiger partial charge in [0.25, 0.3) is 0 Å². The van der Waals surface area contributed by atoms with E-state index in [2.05, 4.69) is 17.0 Å². The molecule has 1 saturated heterocycles. The van der Waals surface area contributed by atoms with Crippen LogP contribution in [0.15, 0.2) is 23.1 Å². The molecule has 5 heteroatoms. The highest BCUT2D eigenvalue weighted by molar-refractivity contribution is 7.89. The van der Waals surface area contributed by atoms with Gasteiger partial charge in [-0.3, -0.25) is 0 Å². The molecular formula is C14H22N2O2S. The first-order chi connectivity index (χ1) is 8.90. The van der Waals surface area contributed by atoms with Crippen molar-refractivity contribution in [2.75, 3.05) is 13.1 Å². The van der Waals surface area contributed by atoms with Gasteiger partial charge in [0.2, 0.25) is 10.0 Å². The molecule has 2 N–H and O–H groups in total. The van der Waals surface area contributed by atoms with E-state index in [-0.39, 0.29) is 6.04 Å². The van der Waals surface area contributed by atoms with Crippen LogP contribution < -0.4 is 10.0 Å². The van der Waals surface area contributed by atoms with Crippen LogP contribution in [-0.2, 0) is 10.0 Å². The normalized spacial score (nSPS) is 24.4. The van der Waals surface area contributed by atoms with Crippen molar-refractivity contribution in [3.8, 4) is 0 Å². The summed E-state index contributed by atoms with van der Waals surface area (Å²) in [6.45, 7) is 7.71. The molecular weight excluding hydrogens is 260 g/mol. The predicted octanol–water partition coefficient (Wildman–Crippen LogP) is 1.58. The SMILES string of the molecule is Cc1ccc(S(=O)(=O)N[C@H]2CCNC[C@H]2C)cc1C. The van der Waals surface area contributed by atoms with Crippen LogP contribution in [0.2, 0.25) is 0 Å². The van der Waals surface area contributed by atoms with Crippen LogP contribution in [0.3, 0.4) is 0 Å². The molecule has 0 radical (unpaired) electrons. The highest BCUT2D eigenvalue weighted by Gasteiger charge is 2.26. The van der Waals surface area contributed by atoms with Gasteiger partial charge in [-0.25, -0.2) is 13.1 Å². The molecule has 0 unspecified atom stereocenters. The second-order valence-corrected chi connectivity index (χ2v) is 7.16. The molecule has 2 rings (SSSR count). The molecule has 0 bridgehead atoms. The van der Waals surface area contributed by atoms with Crippen molar-refractivity contribution in [3.63, 3.8) is 0 Å². The van der Waals surface area contributed by atoms with Crippen LogP contribution in [0.4, 0.5) is 0 Å².